The molecule has 21 heavy (non-hydrogen) atoms. The molecule has 104 valence electrons. The molecular weight excluding hydrogens is 266 g/mol. The zero-order chi connectivity index (χ0) is 14.8. The van der Waals surface area contributed by atoms with E-state index in [2.05, 4.69) is 4.98 Å². The number of hydrogen-bond donors (Lipinski definition) is 1. The van der Waals surface area contributed by atoms with Crippen molar-refractivity contribution in [1.82, 2.24) is 4.98 Å². The van der Waals surface area contributed by atoms with Crippen LogP contribution < -0.4 is 4.74 Å². The van der Waals surface area contributed by atoms with Crippen LogP contribution in [0.5, 0.6) is 5.75 Å². The molecule has 0 aliphatic rings. The summed E-state index contributed by atoms with van der Waals surface area (Å²) >= 11 is 0. The van der Waals surface area contributed by atoms with Gasteiger partial charge in [0.25, 0.3) is 0 Å². The summed E-state index contributed by atoms with van der Waals surface area (Å²) in [6.45, 7) is 0. The molecule has 3 aromatic rings. The summed E-state index contributed by atoms with van der Waals surface area (Å²) in [5.74, 6) is -0.325. The molecule has 0 atom stereocenters. The molecule has 0 bridgehead atoms. The van der Waals surface area contributed by atoms with Gasteiger partial charge in [-0.25, -0.2) is 4.79 Å². The predicted octanol–water partition coefficient (Wildman–Crippen LogP) is 3.61. The summed E-state index contributed by atoms with van der Waals surface area (Å²) < 4.78 is 5.37. The second-order valence-electron chi connectivity index (χ2n) is 4.62. The van der Waals surface area contributed by atoms with Gasteiger partial charge in [0.2, 0.25) is 0 Å². The van der Waals surface area contributed by atoms with Crippen LogP contribution >= 0.6 is 0 Å². The third-order valence-electron chi connectivity index (χ3n) is 3.42. The molecule has 1 heterocycles. The van der Waals surface area contributed by atoms with Crippen LogP contribution in [0.1, 0.15) is 10.4 Å². The lowest BCUT2D eigenvalue weighted by Gasteiger charge is -2.12. The van der Waals surface area contributed by atoms with E-state index in [1.54, 1.807) is 31.6 Å². The number of ether oxygens (including phenoxy) is 1. The maximum absolute atomic E-state index is 11.2. The van der Waals surface area contributed by atoms with Crippen molar-refractivity contribution in [1.29, 1.82) is 0 Å². The molecule has 0 saturated carbocycles. The van der Waals surface area contributed by atoms with Gasteiger partial charge in [0.05, 0.1) is 12.7 Å². The van der Waals surface area contributed by atoms with Crippen molar-refractivity contribution in [2.75, 3.05) is 7.11 Å². The highest BCUT2D eigenvalue weighted by Gasteiger charge is 2.13. The molecule has 0 unspecified atom stereocenters. The highest BCUT2D eigenvalue weighted by molar-refractivity contribution is 5.99. The van der Waals surface area contributed by atoms with E-state index in [0.29, 0.717) is 5.75 Å². The Morgan fingerprint density at radius 2 is 2.00 bits per heavy atom. The van der Waals surface area contributed by atoms with Crippen LogP contribution in [-0.4, -0.2) is 23.2 Å². The van der Waals surface area contributed by atoms with E-state index in [4.69, 9.17) is 4.74 Å². The molecule has 1 aromatic heterocycles. The van der Waals surface area contributed by atoms with Crippen molar-refractivity contribution in [2.45, 2.75) is 0 Å². The SMILES string of the molecule is COc1ccc(C(=O)O)cc1-c1cccc2ccncc12. The molecule has 4 heteroatoms. The number of fused-ring (bicyclic) bond motifs is 1. The highest BCUT2D eigenvalue weighted by atomic mass is 16.5. The fraction of sp³-hybridized carbons (Fsp3) is 0.0588. The van der Waals surface area contributed by atoms with Gasteiger partial charge in [-0.05, 0) is 35.2 Å². The lowest BCUT2D eigenvalue weighted by molar-refractivity contribution is 0.0697. The van der Waals surface area contributed by atoms with Crippen LogP contribution in [0.3, 0.4) is 0 Å². The van der Waals surface area contributed by atoms with Crippen LogP contribution in [0.15, 0.2) is 54.9 Å². The largest absolute Gasteiger partial charge is 0.496 e. The zero-order valence-corrected chi connectivity index (χ0v) is 11.4. The number of carboxylic acid groups (broad SMARTS) is 1. The van der Waals surface area contributed by atoms with Crippen LogP contribution in [0.4, 0.5) is 0 Å². The lowest BCUT2D eigenvalue weighted by Crippen LogP contribution is -1.98. The number of methoxy groups -OCH3 is 1. The third-order valence-corrected chi connectivity index (χ3v) is 3.42. The molecule has 4 nitrogen and oxygen atoms in total. The number of benzene rings is 2. The van der Waals surface area contributed by atoms with Crippen molar-refractivity contribution >= 4 is 16.7 Å². The predicted molar refractivity (Wildman–Crippen MR) is 80.7 cm³/mol. The zero-order valence-electron chi connectivity index (χ0n) is 11.4. The number of pyridine rings is 1. The average Bonchev–Trinajstić information content (AvgIpc) is 2.53. The normalized spacial score (nSPS) is 10.5. The Hall–Kier alpha value is -2.88. The molecule has 0 aliphatic heterocycles. The average molecular weight is 279 g/mol. The Labute approximate surface area is 121 Å². The number of nitrogens with zero attached hydrogens (tertiary/aromatic N) is 1. The highest BCUT2D eigenvalue weighted by Crippen LogP contribution is 2.35. The maximum atomic E-state index is 11.2. The lowest BCUT2D eigenvalue weighted by atomic mass is 9.97. The summed E-state index contributed by atoms with van der Waals surface area (Å²) in [5, 5.41) is 11.2. The minimum atomic E-state index is -0.961. The number of aromatic nitrogens is 1. The number of carbonyl (C=O) groups is 1. The molecule has 3 rings (SSSR count). The maximum Gasteiger partial charge on any atom is 0.335 e. The van der Waals surface area contributed by atoms with Gasteiger partial charge in [0.1, 0.15) is 5.75 Å². The van der Waals surface area contributed by atoms with Crippen molar-refractivity contribution in [3.8, 4) is 16.9 Å². The van der Waals surface area contributed by atoms with Crippen molar-refractivity contribution in [3.05, 3.63) is 60.4 Å². The van der Waals surface area contributed by atoms with Gasteiger partial charge in [-0.1, -0.05) is 18.2 Å². The minimum Gasteiger partial charge on any atom is -0.496 e. The van der Waals surface area contributed by atoms with E-state index in [1.807, 2.05) is 24.3 Å². The smallest absolute Gasteiger partial charge is 0.335 e. The Morgan fingerprint density at radius 3 is 2.76 bits per heavy atom. The molecular formula is C17H13NO3. The Morgan fingerprint density at radius 1 is 1.14 bits per heavy atom. The quantitative estimate of drug-likeness (QED) is 0.795. The molecule has 0 fully saturated rings. The van der Waals surface area contributed by atoms with Crippen LogP contribution in [0, 0.1) is 0 Å². The van der Waals surface area contributed by atoms with Crippen LogP contribution in [0.2, 0.25) is 0 Å². The van der Waals surface area contributed by atoms with E-state index >= 15 is 0 Å². The first-order chi connectivity index (χ1) is 10.2. The summed E-state index contributed by atoms with van der Waals surface area (Å²) in [5.41, 5.74) is 1.88. The number of carboxylic acids is 1. The van der Waals surface area contributed by atoms with E-state index in [0.717, 1.165) is 21.9 Å². The second kappa shape index (κ2) is 5.25. The monoisotopic (exact) mass is 279 g/mol. The first-order valence-electron chi connectivity index (χ1n) is 6.45. The van der Waals surface area contributed by atoms with Gasteiger partial charge >= 0.3 is 5.97 Å². The molecule has 1 N–H and O–H groups in total. The molecule has 0 saturated heterocycles. The number of hydrogen-bond acceptors (Lipinski definition) is 3. The molecule has 0 spiro atoms. The van der Waals surface area contributed by atoms with E-state index in [1.165, 1.54) is 6.07 Å². The summed E-state index contributed by atoms with van der Waals surface area (Å²) in [4.78, 5) is 15.3. The van der Waals surface area contributed by atoms with Gasteiger partial charge in [-0.15, -0.1) is 0 Å². The van der Waals surface area contributed by atoms with E-state index in [9.17, 15) is 9.90 Å². The molecule has 0 radical (unpaired) electrons. The summed E-state index contributed by atoms with van der Waals surface area (Å²) in [7, 11) is 1.57. The Bertz CT molecular complexity index is 822. The topological polar surface area (TPSA) is 59.4 Å². The van der Waals surface area contributed by atoms with Gasteiger partial charge in [0, 0.05) is 23.3 Å². The summed E-state index contributed by atoms with van der Waals surface area (Å²) in [6.07, 6.45) is 3.51. The van der Waals surface area contributed by atoms with Crippen LogP contribution in [-0.2, 0) is 0 Å². The molecule has 2 aromatic carbocycles. The second-order valence-corrected chi connectivity index (χ2v) is 4.62. The Balaban J connectivity index is 2.31. The Kier molecular flexibility index (Phi) is 3.28. The fourth-order valence-electron chi connectivity index (χ4n) is 2.40. The number of rotatable bonds is 3. The fourth-order valence-corrected chi connectivity index (χ4v) is 2.40. The third kappa shape index (κ3) is 2.31. The van der Waals surface area contributed by atoms with Gasteiger partial charge in [-0.3, -0.25) is 4.98 Å². The molecule has 0 amide bonds. The standard InChI is InChI=1S/C17H13NO3/c1-21-16-6-5-12(17(19)20)9-14(16)13-4-2-3-11-7-8-18-10-15(11)13/h2-10H,1H3,(H,19,20). The van der Waals surface area contributed by atoms with E-state index < -0.39 is 5.97 Å². The van der Waals surface area contributed by atoms with Crippen molar-refractivity contribution in [2.24, 2.45) is 0 Å². The van der Waals surface area contributed by atoms with Crippen molar-refractivity contribution in [3.63, 3.8) is 0 Å². The first kappa shape index (κ1) is 13.1. The summed E-state index contributed by atoms with van der Waals surface area (Å²) in [6, 6.07) is 12.6. The number of aromatic carboxylic acids is 1. The van der Waals surface area contributed by atoms with Gasteiger partial charge < -0.3 is 9.84 Å². The van der Waals surface area contributed by atoms with Crippen LogP contribution in [0.25, 0.3) is 21.9 Å². The van der Waals surface area contributed by atoms with Gasteiger partial charge in [-0.2, -0.15) is 0 Å². The minimum absolute atomic E-state index is 0.228. The van der Waals surface area contributed by atoms with E-state index in [-0.39, 0.29) is 5.56 Å². The van der Waals surface area contributed by atoms with Crippen molar-refractivity contribution < 1.29 is 14.6 Å². The molecule has 0 aliphatic carbocycles. The first-order valence-corrected chi connectivity index (χ1v) is 6.45. The van der Waals surface area contributed by atoms with Gasteiger partial charge in [0.15, 0.2) is 0 Å².